The maximum Gasteiger partial charge on any atom is 0.151 e. The first-order valence-electron chi connectivity index (χ1n) is 4.18. The van der Waals surface area contributed by atoms with Crippen LogP contribution in [0.4, 0.5) is 4.39 Å². The van der Waals surface area contributed by atoms with Gasteiger partial charge in [0.25, 0.3) is 0 Å². The Kier molecular flexibility index (Phi) is 3.07. The molecule has 0 fully saturated rings. The van der Waals surface area contributed by atoms with Gasteiger partial charge in [-0.3, -0.25) is 0 Å². The van der Waals surface area contributed by atoms with Crippen molar-refractivity contribution in [3.05, 3.63) is 40.9 Å². The molecule has 0 spiro atoms. The van der Waals surface area contributed by atoms with E-state index in [-0.39, 0.29) is 5.02 Å². The van der Waals surface area contributed by atoms with E-state index < -0.39 is 5.82 Å². The van der Waals surface area contributed by atoms with Crippen LogP contribution >= 0.6 is 27.5 Å². The molecule has 0 atom stereocenters. The summed E-state index contributed by atoms with van der Waals surface area (Å²) in [5.41, 5.74) is 0.794. The summed E-state index contributed by atoms with van der Waals surface area (Å²) in [7, 11) is 0. The maximum atomic E-state index is 13.6. The highest BCUT2D eigenvalue weighted by molar-refractivity contribution is 9.08. The van der Waals surface area contributed by atoms with Gasteiger partial charge in [0, 0.05) is 11.6 Å². The van der Waals surface area contributed by atoms with Gasteiger partial charge in [0.2, 0.25) is 0 Å². The van der Waals surface area contributed by atoms with E-state index in [0.29, 0.717) is 22.3 Å². The van der Waals surface area contributed by atoms with E-state index in [1.807, 2.05) is 0 Å². The first-order chi connectivity index (χ1) is 7.22. The van der Waals surface area contributed by atoms with Crippen LogP contribution < -0.4 is 0 Å². The number of halogens is 3. The first kappa shape index (κ1) is 10.6. The van der Waals surface area contributed by atoms with E-state index in [9.17, 15) is 4.39 Å². The third-order valence-corrected chi connectivity index (χ3v) is 2.76. The highest BCUT2D eigenvalue weighted by Crippen LogP contribution is 2.27. The quantitative estimate of drug-likeness (QED) is 0.781. The molecule has 0 aliphatic heterocycles. The maximum absolute atomic E-state index is 13.6. The number of alkyl halides is 1. The summed E-state index contributed by atoms with van der Waals surface area (Å²) < 4.78 is 18.5. The molecule has 0 saturated carbocycles. The molecule has 2 nitrogen and oxygen atoms in total. The number of hydrogen-bond donors (Lipinski definition) is 0. The monoisotopic (exact) mass is 289 g/mol. The van der Waals surface area contributed by atoms with Crippen molar-refractivity contribution in [2.45, 2.75) is 5.33 Å². The van der Waals surface area contributed by atoms with Crippen molar-refractivity contribution in [3.63, 3.8) is 0 Å². The minimum Gasteiger partial charge on any atom is -0.360 e. The molecule has 15 heavy (non-hydrogen) atoms. The third-order valence-electron chi connectivity index (χ3n) is 1.92. The van der Waals surface area contributed by atoms with Crippen LogP contribution in [0.25, 0.3) is 11.3 Å². The highest BCUT2D eigenvalue weighted by Gasteiger charge is 2.12. The van der Waals surface area contributed by atoms with Crippen molar-refractivity contribution in [1.29, 1.82) is 0 Å². The predicted molar refractivity (Wildman–Crippen MR) is 59.5 cm³/mol. The second-order valence-electron chi connectivity index (χ2n) is 2.91. The fourth-order valence-electron chi connectivity index (χ4n) is 1.20. The van der Waals surface area contributed by atoms with Gasteiger partial charge in [0.05, 0.1) is 10.4 Å². The summed E-state index contributed by atoms with van der Waals surface area (Å²) in [5.74, 6) is 0.165. The topological polar surface area (TPSA) is 26.0 Å². The Hall–Kier alpha value is -0.870. The lowest BCUT2D eigenvalue weighted by molar-refractivity contribution is 0.397. The molecule has 0 aliphatic carbocycles. The third kappa shape index (κ3) is 2.06. The molecule has 1 heterocycles. The molecule has 1 aromatic carbocycles. The molecule has 5 heteroatoms. The Morgan fingerprint density at radius 2 is 2.27 bits per heavy atom. The highest BCUT2D eigenvalue weighted by atomic mass is 79.9. The summed E-state index contributed by atoms with van der Waals surface area (Å²) in [6.07, 6.45) is 0. The lowest BCUT2D eigenvalue weighted by atomic mass is 10.1. The standard InChI is InChI=1S/C10H6BrClFNO/c11-5-6-4-9(14-15-6)7-2-1-3-8(12)10(7)13/h1-4H,5H2. The Balaban J connectivity index is 2.49. The van der Waals surface area contributed by atoms with Gasteiger partial charge in [0.15, 0.2) is 5.82 Å². The summed E-state index contributed by atoms with van der Waals surface area (Å²) in [6, 6.07) is 6.44. The Morgan fingerprint density at radius 3 is 2.93 bits per heavy atom. The Bertz CT molecular complexity index is 486. The molecule has 2 rings (SSSR count). The second kappa shape index (κ2) is 4.33. The van der Waals surface area contributed by atoms with Gasteiger partial charge in [-0.15, -0.1) is 0 Å². The largest absolute Gasteiger partial charge is 0.360 e. The fourth-order valence-corrected chi connectivity index (χ4v) is 1.64. The molecule has 0 amide bonds. The van der Waals surface area contributed by atoms with Crippen LogP contribution in [0, 0.1) is 5.82 Å². The van der Waals surface area contributed by atoms with Crippen molar-refractivity contribution in [2.24, 2.45) is 0 Å². The molecule has 0 radical (unpaired) electrons. The van der Waals surface area contributed by atoms with Crippen LogP contribution in [-0.4, -0.2) is 5.16 Å². The zero-order valence-electron chi connectivity index (χ0n) is 7.51. The molecule has 0 N–H and O–H groups in total. The van der Waals surface area contributed by atoms with Crippen LogP contribution in [0.3, 0.4) is 0 Å². The Morgan fingerprint density at radius 1 is 1.47 bits per heavy atom. The number of benzene rings is 1. The average molecular weight is 291 g/mol. The van der Waals surface area contributed by atoms with Gasteiger partial charge in [-0.2, -0.15) is 0 Å². The molecular formula is C10H6BrClFNO. The van der Waals surface area contributed by atoms with E-state index in [1.165, 1.54) is 6.07 Å². The van der Waals surface area contributed by atoms with Crippen molar-refractivity contribution < 1.29 is 8.91 Å². The minimum absolute atomic E-state index is 0.0795. The summed E-state index contributed by atoms with van der Waals surface area (Å²) >= 11 is 8.88. The number of nitrogens with zero attached hydrogens (tertiary/aromatic N) is 1. The van der Waals surface area contributed by atoms with Gasteiger partial charge >= 0.3 is 0 Å². The van der Waals surface area contributed by atoms with E-state index in [1.54, 1.807) is 18.2 Å². The summed E-state index contributed by atoms with van der Waals surface area (Å²) in [6.45, 7) is 0. The first-order valence-corrected chi connectivity index (χ1v) is 5.68. The molecular weight excluding hydrogens is 284 g/mol. The van der Waals surface area contributed by atoms with Crippen LogP contribution in [0.2, 0.25) is 5.02 Å². The van der Waals surface area contributed by atoms with Crippen LogP contribution in [0.15, 0.2) is 28.8 Å². The molecule has 78 valence electrons. The molecule has 0 unspecified atom stereocenters. The summed E-state index contributed by atoms with van der Waals surface area (Å²) in [5, 5.41) is 4.38. The predicted octanol–water partition coefficient (Wildman–Crippen LogP) is 4.03. The van der Waals surface area contributed by atoms with Crippen LogP contribution in [0.5, 0.6) is 0 Å². The van der Waals surface area contributed by atoms with Gasteiger partial charge in [-0.25, -0.2) is 4.39 Å². The SMILES string of the molecule is Fc1c(Cl)cccc1-c1cc(CBr)on1. The normalized spacial score (nSPS) is 10.6. The van der Waals surface area contributed by atoms with E-state index >= 15 is 0 Å². The van der Waals surface area contributed by atoms with Gasteiger partial charge in [-0.05, 0) is 12.1 Å². The smallest absolute Gasteiger partial charge is 0.151 e. The Labute approximate surface area is 99.2 Å². The van der Waals surface area contributed by atoms with E-state index in [4.69, 9.17) is 16.1 Å². The van der Waals surface area contributed by atoms with Crippen LogP contribution in [0.1, 0.15) is 5.76 Å². The molecule has 0 aliphatic rings. The zero-order chi connectivity index (χ0) is 10.8. The number of hydrogen-bond acceptors (Lipinski definition) is 2. The lowest BCUT2D eigenvalue weighted by Gasteiger charge is -1.98. The second-order valence-corrected chi connectivity index (χ2v) is 3.88. The van der Waals surface area contributed by atoms with Crippen molar-refractivity contribution >= 4 is 27.5 Å². The number of aromatic nitrogens is 1. The fraction of sp³-hybridized carbons (Fsp3) is 0.100. The van der Waals surface area contributed by atoms with Gasteiger partial charge < -0.3 is 4.52 Å². The zero-order valence-corrected chi connectivity index (χ0v) is 9.85. The van der Waals surface area contributed by atoms with Crippen molar-refractivity contribution in [1.82, 2.24) is 5.16 Å². The molecule has 0 bridgehead atoms. The molecule has 1 aromatic heterocycles. The number of rotatable bonds is 2. The van der Waals surface area contributed by atoms with Gasteiger partial charge in [-0.1, -0.05) is 38.8 Å². The average Bonchev–Trinajstić information content (AvgIpc) is 2.70. The van der Waals surface area contributed by atoms with Gasteiger partial charge in [0.1, 0.15) is 11.5 Å². The summed E-state index contributed by atoms with van der Waals surface area (Å²) in [4.78, 5) is 0. The lowest BCUT2D eigenvalue weighted by Crippen LogP contribution is -1.84. The van der Waals surface area contributed by atoms with E-state index in [0.717, 1.165) is 0 Å². The van der Waals surface area contributed by atoms with Crippen molar-refractivity contribution in [2.75, 3.05) is 0 Å². The molecule has 0 saturated heterocycles. The van der Waals surface area contributed by atoms with Crippen molar-refractivity contribution in [3.8, 4) is 11.3 Å². The minimum atomic E-state index is -0.478. The van der Waals surface area contributed by atoms with E-state index in [2.05, 4.69) is 21.1 Å². The van der Waals surface area contributed by atoms with Crippen LogP contribution in [-0.2, 0) is 5.33 Å². The molecule has 2 aromatic rings.